The molecule has 0 aliphatic heterocycles. The summed E-state index contributed by atoms with van der Waals surface area (Å²) in [6.07, 6.45) is 3.47. The summed E-state index contributed by atoms with van der Waals surface area (Å²) in [4.78, 5) is 4.50. The van der Waals surface area contributed by atoms with Crippen LogP contribution in [0, 0.1) is 11.7 Å². The van der Waals surface area contributed by atoms with E-state index in [1.807, 2.05) is 6.92 Å². The number of nitrogens with zero attached hydrogens (tertiary/aromatic N) is 2. The van der Waals surface area contributed by atoms with E-state index in [1.165, 1.54) is 18.9 Å². The number of rotatable bonds is 6. The highest BCUT2D eigenvalue weighted by Gasteiger charge is 2.16. The standard InChI is InChI=1S/C16H21BrClFN2/c1-10(2)6-4-5-7-21-15-8-12(17)13(19)9-14(15)20-16(21)11(3)18/h8-11H,4-7H2,1-3H3. The molecular formula is C16H21BrClFN2. The lowest BCUT2D eigenvalue weighted by Crippen LogP contribution is -2.05. The molecule has 0 spiro atoms. The van der Waals surface area contributed by atoms with E-state index >= 15 is 0 Å². The number of halogens is 3. The van der Waals surface area contributed by atoms with Crippen LogP contribution in [0.5, 0.6) is 0 Å². The first kappa shape index (κ1) is 16.8. The Kier molecular flexibility index (Phi) is 5.67. The molecule has 0 bridgehead atoms. The van der Waals surface area contributed by atoms with E-state index in [0.717, 1.165) is 30.2 Å². The topological polar surface area (TPSA) is 17.8 Å². The Morgan fingerprint density at radius 2 is 2.00 bits per heavy atom. The van der Waals surface area contributed by atoms with E-state index in [0.29, 0.717) is 9.99 Å². The minimum atomic E-state index is -0.291. The van der Waals surface area contributed by atoms with Gasteiger partial charge in [-0.25, -0.2) is 9.37 Å². The van der Waals surface area contributed by atoms with Crippen LogP contribution in [-0.4, -0.2) is 9.55 Å². The Balaban J connectivity index is 2.30. The summed E-state index contributed by atoms with van der Waals surface area (Å²) >= 11 is 9.48. The number of aryl methyl sites for hydroxylation is 1. The maximum absolute atomic E-state index is 13.7. The second kappa shape index (κ2) is 7.10. The van der Waals surface area contributed by atoms with E-state index in [4.69, 9.17) is 11.6 Å². The highest BCUT2D eigenvalue weighted by Crippen LogP contribution is 2.29. The average Bonchev–Trinajstić information content (AvgIpc) is 2.73. The molecular weight excluding hydrogens is 355 g/mol. The molecule has 0 aliphatic rings. The second-order valence-electron chi connectivity index (χ2n) is 5.88. The van der Waals surface area contributed by atoms with Gasteiger partial charge in [0.1, 0.15) is 11.6 Å². The SMILES string of the molecule is CC(C)CCCCn1c(C(C)Cl)nc2cc(F)c(Br)cc21. The summed E-state index contributed by atoms with van der Waals surface area (Å²) in [7, 11) is 0. The third-order valence-electron chi connectivity index (χ3n) is 3.59. The lowest BCUT2D eigenvalue weighted by Gasteiger charge is -2.11. The third-order valence-corrected chi connectivity index (χ3v) is 4.39. The van der Waals surface area contributed by atoms with Gasteiger partial charge in [-0.1, -0.05) is 26.7 Å². The maximum atomic E-state index is 13.7. The van der Waals surface area contributed by atoms with Crippen LogP contribution in [0.1, 0.15) is 51.2 Å². The molecule has 0 saturated carbocycles. The van der Waals surface area contributed by atoms with E-state index in [2.05, 4.69) is 39.3 Å². The van der Waals surface area contributed by atoms with Crippen molar-refractivity contribution in [3.63, 3.8) is 0 Å². The van der Waals surface area contributed by atoms with Gasteiger partial charge in [-0.05, 0) is 41.3 Å². The van der Waals surface area contributed by atoms with Crippen LogP contribution >= 0.6 is 27.5 Å². The predicted octanol–water partition coefficient (Wildman–Crippen LogP) is 6.06. The van der Waals surface area contributed by atoms with Crippen LogP contribution in [0.25, 0.3) is 11.0 Å². The number of aromatic nitrogens is 2. The minimum Gasteiger partial charge on any atom is -0.327 e. The summed E-state index contributed by atoms with van der Waals surface area (Å²) < 4.78 is 16.2. The van der Waals surface area contributed by atoms with Crippen molar-refractivity contribution in [2.24, 2.45) is 5.92 Å². The fourth-order valence-corrected chi connectivity index (χ4v) is 3.00. The van der Waals surface area contributed by atoms with Crippen molar-refractivity contribution >= 4 is 38.6 Å². The Morgan fingerprint density at radius 1 is 1.29 bits per heavy atom. The zero-order valence-electron chi connectivity index (χ0n) is 12.7. The Bertz CT molecular complexity index is 622. The zero-order valence-corrected chi connectivity index (χ0v) is 15.0. The summed E-state index contributed by atoms with van der Waals surface area (Å²) in [6, 6.07) is 3.26. The molecule has 2 aromatic rings. The van der Waals surface area contributed by atoms with Gasteiger partial charge in [0.25, 0.3) is 0 Å². The van der Waals surface area contributed by atoms with Crippen LogP contribution in [0.3, 0.4) is 0 Å². The molecule has 5 heteroatoms. The molecule has 0 amide bonds. The first-order chi connectivity index (χ1) is 9.90. The van der Waals surface area contributed by atoms with Gasteiger partial charge in [0.05, 0.1) is 20.9 Å². The molecule has 1 aromatic heterocycles. The van der Waals surface area contributed by atoms with Crippen molar-refractivity contribution in [2.45, 2.75) is 52.0 Å². The zero-order chi connectivity index (χ0) is 15.6. The van der Waals surface area contributed by atoms with Crippen molar-refractivity contribution in [3.8, 4) is 0 Å². The van der Waals surface area contributed by atoms with Gasteiger partial charge in [0, 0.05) is 12.6 Å². The number of hydrogen-bond acceptors (Lipinski definition) is 1. The molecule has 0 aliphatic carbocycles. The van der Waals surface area contributed by atoms with Crippen molar-refractivity contribution in [1.29, 1.82) is 0 Å². The van der Waals surface area contributed by atoms with Gasteiger partial charge in [-0.3, -0.25) is 0 Å². The second-order valence-corrected chi connectivity index (χ2v) is 7.39. The summed E-state index contributed by atoms with van der Waals surface area (Å²) in [6.45, 7) is 7.24. The van der Waals surface area contributed by atoms with Crippen LogP contribution in [0.4, 0.5) is 4.39 Å². The highest BCUT2D eigenvalue weighted by molar-refractivity contribution is 9.10. The van der Waals surface area contributed by atoms with E-state index in [9.17, 15) is 4.39 Å². The van der Waals surface area contributed by atoms with Gasteiger partial charge in [0.15, 0.2) is 0 Å². The van der Waals surface area contributed by atoms with Gasteiger partial charge < -0.3 is 4.57 Å². The average molecular weight is 376 g/mol. The maximum Gasteiger partial charge on any atom is 0.139 e. The molecule has 1 aromatic carbocycles. The lowest BCUT2D eigenvalue weighted by atomic mass is 10.1. The molecule has 0 saturated heterocycles. The monoisotopic (exact) mass is 374 g/mol. The Labute approximate surface area is 138 Å². The number of alkyl halides is 1. The molecule has 21 heavy (non-hydrogen) atoms. The van der Waals surface area contributed by atoms with E-state index < -0.39 is 0 Å². The first-order valence-corrected chi connectivity index (χ1v) is 8.62. The van der Waals surface area contributed by atoms with Crippen molar-refractivity contribution in [1.82, 2.24) is 9.55 Å². The van der Waals surface area contributed by atoms with Crippen LogP contribution in [0.15, 0.2) is 16.6 Å². The van der Waals surface area contributed by atoms with Crippen molar-refractivity contribution in [2.75, 3.05) is 0 Å². The van der Waals surface area contributed by atoms with Crippen LogP contribution in [0.2, 0.25) is 0 Å². The number of benzene rings is 1. The molecule has 0 fully saturated rings. The Morgan fingerprint density at radius 3 is 2.62 bits per heavy atom. The van der Waals surface area contributed by atoms with Crippen molar-refractivity contribution in [3.05, 3.63) is 28.2 Å². The molecule has 1 atom stereocenters. The largest absolute Gasteiger partial charge is 0.327 e. The lowest BCUT2D eigenvalue weighted by molar-refractivity contribution is 0.507. The predicted molar refractivity (Wildman–Crippen MR) is 90.3 cm³/mol. The van der Waals surface area contributed by atoms with E-state index in [1.54, 1.807) is 6.07 Å². The molecule has 0 radical (unpaired) electrons. The molecule has 1 unspecified atom stereocenters. The highest BCUT2D eigenvalue weighted by atomic mass is 79.9. The van der Waals surface area contributed by atoms with Crippen LogP contribution in [-0.2, 0) is 6.54 Å². The Hall–Kier alpha value is -0.610. The van der Waals surface area contributed by atoms with Gasteiger partial charge in [-0.2, -0.15) is 0 Å². The molecule has 2 rings (SSSR count). The smallest absolute Gasteiger partial charge is 0.139 e. The molecule has 2 nitrogen and oxygen atoms in total. The number of imidazole rings is 1. The van der Waals surface area contributed by atoms with Crippen LogP contribution < -0.4 is 0 Å². The summed E-state index contributed by atoms with van der Waals surface area (Å²) in [5.41, 5.74) is 1.61. The summed E-state index contributed by atoms with van der Waals surface area (Å²) in [5.74, 6) is 1.24. The van der Waals surface area contributed by atoms with Gasteiger partial charge in [0.2, 0.25) is 0 Å². The fraction of sp³-hybridized carbons (Fsp3) is 0.562. The molecule has 116 valence electrons. The number of unbranched alkanes of at least 4 members (excludes halogenated alkanes) is 1. The van der Waals surface area contributed by atoms with Gasteiger partial charge >= 0.3 is 0 Å². The molecule has 0 N–H and O–H groups in total. The van der Waals surface area contributed by atoms with Crippen molar-refractivity contribution < 1.29 is 4.39 Å². The van der Waals surface area contributed by atoms with Gasteiger partial charge in [-0.15, -0.1) is 11.6 Å². The minimum absolute atomic E-state index is 0.190. The quantitative estimate of drug-likeness (QED) is 0.443. The molecule has 1 heterocycles. The normalized spacial score (nSPS) is 13.3. The van der Waals surface area contributed by atoms with E-state index in [-0.39, 0.29) is 11.2 Å². The summed E-state index contributed by atoms with van der Waals surface area (Å²) in [5, 5.41) is -0.190. The first-order valence-electron chi connectivity index (χ1n) is 7.39. The fourth-order valence-electron chi connectivity index (χ4n) is 2.50. The number of hydrogen-bond donors (Lipinski definition) is 0. The number of fused-ring (bicyclic) bond motifs is 1. The third kappa shape index (κ3) is 3.98.